The van der Waals surface area contributed by atoms with Crippen molar-refractivity contribution >= 4 is 17.2 Å². The Balaban J connectivity index is 2.04. The van der Waals surface area contributed by atoms with Crippen LogP contribution in [-0.4, -0.2) is 43.6 Å². The van der Waals surface area contributed by atoms with Crippen molar-refractivity contribution in [1.29, 1.82) is 0 Å². The molecule has 2 rings (SSSR count). The van der Waals surface area contributed by atoms with E-state index in [-0.39, 0.29) is 18.1 Å². The van der Waals surface area contributed by atoms with Gasteiger partial charge in [0.15, 0.2) is 0 Å². The molecule has 94 valence electrons. The number of amides is 1. The van der Waals surface area contributed by atoms with Crippen LogP contribution < -0.4 is 5.32 Å². The van der Waals surface area contributed by atoms with E-state index in [2.05, 4.69) is 16.8 Å². The zero-order valence-corrected chi connectivity index (χ0v) is 11.0. The van der Waals surface area contributed by atoms with Crippen molar-refractivity contribution in [2.24, 2.45) is 0 Å². The highest BCUT2D eigenvalue weighted by Gasteiger charge is 2.28. The molecule has 2 atom stereocenters. The molecule has 0 aromatic carbocycles. The lowest BCUT2D eigenvalue weighted by molar-refractivity contribution is -0.143. The summed E-state index contributed by atoms with van der Waals surface area (Å²) in [5.74, 6) is 0.142. The number of hydrogen-bond donors (Lipinski definition) is 1. The maximum Gasteiger partial charge on any atom is 0.236 e. The van der Waals surface area contributed by atoms with Crippen molar-refractivity contribution in [2.75, 3.05) is 26.7 Å². The van der Waals surface area contributed by atoms with Gasteiger partial charge in [-0.25, -0.2) is 0 Å². The van der Waals surface area contributed by atoms with Crippen LogP contribution in [0.5, 0.6) is 0 Å². The maximum atomic E-state index is 11.9. The van der Waals surface area contributed by atoms with Crippen molar-refractivity contribution in [2.45, 2.75) is 19.1 Å². The average Bonchev–Trinajstić information content (AvgIpc) is 2.82. The van der Waals surface area contributed by atoms with Crippen LogP contribution in [0, 0.1) is 0 Å². The Labute approximate surface area is 106 Å². The number of carbonyl (C=O) groups is 1. The van der Waals surface area contributed by atoms with Gasteiger partial charge in [-0.2, -0.15) is 11.3 Å². The number of hydrogen-bond acceptors (Lipinski definition) is 4. The van der Waals surface area contributed by atoms with Crippen LogP contribution in [-0.2, 0) is 9.53 Å². The Kier molecular flexibility index (Phi) is 4.15. The summed E-state index contributed by atoms with van der Waals surface area (Å²) >= 11 is 1.66. The molecular formula is C12H18N2O2S. The van der Waals surface area contributed by atoms with Gasteiger partial charge in [0.25, 0.3) is 0 Å². The minimum Gasteiger partial charge on any atom is -0.367 e. The Morgan fingerprint density at radius 1 is 1.65 bits per heavy atom. The zero-order chi connectivity index (χ0) is 12.3. The van der Waals surface area contributed by atoms with E-state index in [1.165, 1.54) is 5.56 Å². The smallest absolute Gasteiger partial charge is 0.236 e. The van der Waals surface area contributed by atoms with E-state index >= 15 is 0 Å². The first-order valence-corrected chi connectivity index (χ1v) is 6.75. The molecule has 0 unspecified atom stereocenters. The summed E-state index contributed by atoms with van der Waals surface area (Å²) in [6, 6.07) is 2.06. The van der Waals surface area contributed by atoms with Crippen LogP contribution >= 0.6 is 11.3 Å². The highest BCUT2D eigenvalue weighted by Crippen LogP contribution is 2.26. The molecule has 0 bridgehead atoms. The normalized spacial score (nSPS) is 24.9. The largest absolute Gasteiger partial charge is 0.367 e. The molecule has 1 aromatic heterocycles. The molecule has 1 aliphatic rings. The predicted molar refractivity (Wildman–Crippen MR) is 68.1 cm³/mol. The second-order valence-corrected chi connectivity index (χ2v) is 5.10. The molecule has 0 radical (unpaired) electrons. The monoisotopic (exact) mass is 254 g/mol. The highest BCUT2D eigenvalue weighted by molar-refractivity contribution is 7.07. The summed E-state index contributed by atoms with van der Waals surface area (Å²) < 4.78 is 5.88. The second kappa shape index (κ2) is 5.62. The van der Waals surface area contributed by atoms with Gasteiger partial charge in [-0.15, -0.1) is 0 Å². The van der Waals surface area contributed by atoms with Gasteiger partial charge in [-0.05, 0) is 36.4 Å². The van der Waals surface area contributed by atoms with E-state index < -0.39 is 0 Å². The van der Waals surface area contributed by atoms with Gasteiger partial charge >= 0.3 is 0 Å². The van der Waals surface area contributed by atoms with Crippen LogP contribution in [0.1, 0.15) is 18.6 Å². The van der Waals surface area contributed by atoms with Crippen molar-refractivity contribution in [3.05, 3.63) is 22.4 Å². The van der Waals surface area contributed by atoms with Gasteiger partial charge < -0.3 is 15.0 Å². The first-order chi connectivity index (χ1) is 8.20. The standard InChI is InChI=1S/C12H18N2O2S/c1-9-6-14(12(15)5-13-2)7-11(16-9)10-3-4-17-8-10/h3-4,8-9,11,13H,5-7H2,1-2H3/t9-,11-/m1/s1. The van der Waals surface area contributed by atoms with Gasteiger partial charge in [0.1, 0.15) is 6.10 Å². The van der Waals surface area contributed by atoms with Gasteiger partial charge in [-0.1, -0.05) is 0 Å². The molecule has 4 nitrogen and oxygen atoms in total. The van der Waals surface area contributed by atoms with Crippen LogP contribution in [0.2, 0.25) is 0 Å². The lowest BCUT2D eigenvalue weighted by atomic mass is 10.1. The van der Waals surface area contributed by atoms with Gasteiger partial charge in [0, 0.05) is 6.54 Å². The van der Waals surface area contributed by atoms with E-state index in [9.17, 15) is 4.79 Å². The molecule has 1 fully saturated rings. The minimum atomic E-state index is 0.0193. The molecule has 17 heavy (non-hydrogen) atoms. The SMILES string of the molecule is CNCC(=O)N1C[C@@H](C)O[C@@H](c2ccsc2)C1. The maximum absolute atomic E-state index is 11.9. The highest BCUT2D eigenvalue weighted by atomic mass is 32.1. The summed E-state index contributed by atoms with van der Waals surface area (Å²) in [7, 11) is 1.79. The van der Waals surface area contributed by atoms with E-state index in [4.69, 9.17) is 4.74 Å². The Bertz CT molecular complexity index is 367. The summed E-state index contributed by atoms with van der Waals surface area (Å²) in [6.07, 6.45) is 0.111. The topological polar surface area (TPSA) is 41.6 Å². The molecule has 1 aromatic rings. The average molecular weight is 254 g/mol. The lowest BCUT2D eigenvalue weighted by Gasteiger charge is -2.36. The Hall–Kier alpha value is -0.910. The first-order valence-electron chi connectivity index (χ1n) is 5.80. The fourth-order valence-electron chi connectivity index (χ4n) is 2.06. The van der Waals surface area contributed by atoms with Crippen LogP contribution in [0.25, 0.3) is 0 Å². The number of morpholine rings is 1. The quantitative estimate of drug-likeness (QED) is 0.883. The number of likely N-dealkylation sites (N-methyl/N-ethyl adjacent to an activating group) is 1. The van der Waals surface area contributed by atoms with Crippen molar-refractivity contribution in [1.82, 2.24) is 10.2 Å². The fourth-order valence-corrected chi connectivity index (χ4v) is 2.76. The van der Waals surface area contributed by atoms with Gasteiger partial charge in [-0.3, -0.25) is 4.79 Å². The fraction of sp³-hybridized carbons (Fsp3) is 0.583. The third-order valence-electron chi connectivity index (χ3n) is 2.86. The molecule has 1 amide bonds. The van der Waals surface area contributed by atoms with Gasteiger partial charge in [0.2, 0.25) is 5.91 Å². The number of nitrogens with one attached hydrogen (secondary N) is 1. The van der Waals surface area contributed by atoms with E-state index in [1.807, 2.05) is 17.2 Å². The van der Waals surface area contributed by atoms with Crippen LogP contribution in [0.3, 0.4) is 0 Å². The summed E-state index contributed by atoms with van der Waals surface area (Å²) in [6.45, 7) is 3.74. The number of thiophene rings is 1. The second-order valence-electron chi connectivity index (χ2n) is 4.32. The Morgan fingerprint density at radius 2 is 2.47 bits per heavy atom. The lowest BCUT2D eigenvalue weighted by Crippen LogP contribution is -2.48. The van der Waals surface area contributed by atoms with Crippen LogP contribution in [0.4, 0.5) is 0 Å². The van der Waals surface area contributed by atoms with Crippen LogP contribution in [0.15, 0.2) is 16.8 Å². The third-order valence-corrected chi connectivity index (χ3v) is 3.56. The number of nitrogens with zero attached hydrogens (tertiary/aromatic N) is 1. The molecule has 1 aliphatic heterocycles. The molecule has 0 spiro atoms. The van der Waals surface area contributed by atoms with Gasteiger partial charge in [0.05, 0.1) is 19.2 Å². The Morgan fingerprint density at radius 3 is 3.12 bits per heavy atom. The van der Waals surface area contributed by atoms with Crippen molar-refractivity contribution in [3.8, 4) is 0 Å². The third kappa shape index (κ3) is 3.06. The van der Waals surface area contributed by atoms with E-state index in [1.54, 1.807) is 18.4 Å². The summed E-state index contributed by atoms with van der Waals surface area (Å²) in [5, 5.41) is 7.03. The molecule has 1 saturated heterocycles. The number of carbonyl (C=O) groups excluding carboxylic acids is 1. The predicted octanol–water partition coefficient (Wildman–Crippen LogP) is 1.26. The molecule has 0 saturated carbocycles. The zero-order valence-electron chi connectivity index (χ0n) is 10.2. The molecule has 0 aliphatic carbocycles. The van der Waals surface area contributed by atoms with Crippen molar-refractivity contribution in [3.63, 3.8) is 0 Å². The molecule has 5 heteroatoms. The molecule has 1 N–H and O–H groups in total. The number of rotatable bonds is 3. The van der Waals surface area contributed by atoms with Crippen molar-refractivity contribution < 1.29 is 9.53 Å². The first kappa shape index (κ1) is 12.5. The van der Waals surface area contributed by atoms with E-state index in [0.29, 0.717) is 19.6 Å². The molecular weight excluding hydrogens is 236 g/mol. The molecule has 2 heterocycles. The minimum absolute atomic E-state index is 0.0193. The van der Waals surface area contributed by atoms with E-state index in [0.717, 1.165) is 0 Å². The summed E-state index contributed by atoms with van der Waals surface area (Å²) in [4.78, 5) is 13.8. The number of ether oxygens (including phenoxy) is 1. The summed E-state index contributed by atoms with van der Waals surface area (Å²) in [5.41, 5.74) is 1.17.